The first-order valence-corrected chi connectivity index (χ1v) is 10.0. The van der Waals surface area contributed by atoms with E-state index in [9.17, 15) is 10.1 Å². The normalized spacial score (nSPS) is 11.8. The van der Waals surface area contributed by atoms with E-state index < -0.39 is 13.0 Å². The molecule has 1 aromatic heterocycles. The Bertz CT molecular complexity index is 403. The molecule has 1 rings (SSSR count). The van der Waals surface area contributed by atoms with Crippen LogP contribution in [0.4, 0.5) is 5.69 Å². The van der Waals surface area contributed by atoms with E-state index >= 15 is 0 Å². The second-order valence-corrected chi connectivity index (χ2v) is 11.6. The lowest BCUT2D eigenvalue weighted by molar-refractivity contribution is -0.385. The van der Waals surface area contributed by atoms with Crippen LogP contribution >= 0.6 is 22.6 Å². The molecule has 0 unspecified atom stereocenters. The molecule has 0 saturated heterocycles. The van der Waals surface area contributed by atoms with Gasteiger partial charge >= 0.3 is 5.69 Å². The quantitative estimate of drug-likeness (QED) is 0.254. The van der Waals surface area contributed by atoms with Crippen LogP contribution in [0.5, 0.6) is 0 Å². The smallest absolute Gasteiger partial charge is 0.320 e. The average Bonchev–Trinajstić information content (AvgIpc) is 2.53. The third kappa shape index (κ3) is 5.13. The number of ether oxygens (including phenoxy) is 1. The van der Waals surface area contributed by atoms with Gasteiger partial charge in [0.15, 0.2) is 0 Å². The van der Waals surface area contributed by atoms with Crippen LogP contribution in [0.2, 0.25) is 25.7 Å². The molecule has 1 aromatic rings. The van der Waals surface area contributed by atoms with Crippen LogP contribution in [-0.4, -0.2) is 29.4 Å². The molecule has 0 atom stereocenters. The molecule has 0 radical (unpaired) electrons. The Kier molecular flexibility index (Phi) is 5.07. The molecule has 0 bridgehead atoms. The maximum absolute atomic E-state index is 10.6. The zero-order valence-electron chi connectivity index (χ0n) is 10.1. The SMILES string of the molecule is C[Si](C)(C)CCOCn1cc([N+](=O)[O-])c(I)n1. The summed E-state index contributed by atoms with van der Waals surface area (Å²) < 4.78 is 7.31. The third-order valence-corrected chi connectivity index (χ3v) is 4.59. The van der Waals surface area contributed by atoms with E-state index in [0.29, 0.717) is 10.3 Å². The summed E-state index contributed by atoms with van der Waals surface area (Å²) in [5.74, 6) is 0. The van der Waals surface area contributed by atoms with Crippen molar-refractivity contribution < 1.29 is 9.66 Å². The summed E-state index contributed by atoms with van der Waals surface area (Å²) in [6, 6.07) is 1.08. The van der Waals surface area contributed by atoms with E-state index in [-0.39, 0.29) is 12.4 Å². The number of aromatic nitrogens is 2. The molecule has 6 nitrogen and oxygen atoms in total. The molecule has 17 heavy (non-hydrogen) atoms. The number of rotatable bonds is 6. The molecular formula is C9H16IN3O3Si. The maximum Gasteiger partial charge on any atom is 0.320 e. The first-order chi connectivity index (χ1) is 7.79. The fraction of sp³-hybridized carbons (Fsp3) is 0.667. The van der Waals surface area contributed by atoms with Gasteiger partial charge < -0.3 is 4.74 Å². The van der Waals surface area contributed by atoms with Crippen LogP contribution in [0.25, 0.3) is 0 Å². The molecule has 96 valence electrons. The lowest BCUT2D eigenvalue weighted by atomic mass is 10.6. The molecule has 0 N–H and O–H groups in total. The van der Waals surface area contributed by atoms with Crippen LogP contribution in [0.1, 0.15) is 0 Å². The summed E-state index contributed by atoms with van der Waals surface area (Å²) in [6.45, 7) is 7.78. The van der Waals surface area contributed by atoms with Crippen molar-refractivity contribution in [3.05, 3.63) is 20.0 Å². The van der Waals surface area contributed by atoms with Crippen molar-refractivity contribution in [2.24, 2.45) is 0 Å². The molecule has 0 saturated carbocycles. The van der Waals surface area contributed by atoms with Gasteiger partial charge in [-0.15, -0.1) is 0 Å². The molecule has 0 aromatic carbocycles. The predicted molar refractivity (Wildman–Crippen MR) is 75.7 cm³/mol. The van der Waals surface area contributed by atoms with Gasteiger partial charge in [0, 0.05) is 14.7 Å². The average molecular weight is 369 g/mol. The fourth-order valence-electron chi connectivity index (χ4n) is 1.11. The number of nitro groups is 1. The molecule has 0 aliphatic rings. The van der Waals surface area contributed by atoms with E-state index in [1.54, 1.807) is 0 Å². The summed E-state index contributed by atoms with van der Waals surface area (Å²) in [6.07, 6.45) is 1.40. The van der Waals surface area contributed by atoms with Crippen LogP contribution in [0, 0.1) is 13.8 Å². The summed E-state index contributed by atoms with van der Waals surface area (Å²) in [4.78, 5) is 10.2. The molecule has 0 fully saturated rings. The Labute approximate surface area is 115 Å². The number of halogens is 1. The van der Waals surface area contributed by atoms with E-state index in [4.69, 9.17) is 4.74 Å². The molecule has 0 spiro atoms. The summed E-state index contributed by atoms with van der Waals surface area (Å²) >= 11 is 1.85. The highest BCUT2D eigenvalue weighted by molar-refractivity contribution is 14.1. The highest BCUT2D eigenvalue weighted by atomic mass is 127. The van der Waals surface area contributed by atoms with Crippen molar-refractivity contribution in [1.82, 2.24) is 9.78 Å². The molecule has 1 heterocycles. The van der Waals surface area contributed by atoms with Gasteiger partial charge in [-0.1, -0.05) is 19.6 Å². The topological polar surface area (TPSA) is 70.2 Å². The fourth-order valence-corrected chi connectivity index (χ4v) is 2.48. The third-order valence-electron chi connectivity index (χ3n) is 2.12. The molecule has 0 amide bonds. The highest BCUT2D eigenvalue weighted by Gasteiger charge is 2.17. The lowest BCUT2D eigenvalue weighted by Crippen LogP contribution is -2.22. The Hall–Kier alpha value is -0.483. The van der Waals surface area contributed by atoms with Crippen LogP contribution in [0.3, 0.4) is 0 Å². The van der Waals surface area contributed by atoms with Crippen molar-refractivity contribution in [2.75, 3.05) is 6.61 Å². The lowest BCUT2D eigenvalue weighted by Gasteiger charge is -2.15. The van der Waals surface area contributed by atoms with E-state index in [1.807, 2.05) is 22.6 Å². The Morgan fingerprint density at radius 1 is 1.59 bits per heavy atom. The first kappa shape index (κ1) is 14.6. The molecule has 0 aliphatic carbocycles. The van der Waals surface area contributed by atoms with Gasteiger partial charge in [0.2, 0.25) is 3.70 Å². The molecule has 8 heteroatoms. The Morgan fingerprint density at radius 2 is 2.24 bits per heavy atom. The van der Waals surface area contributed by atoms with Gasteiger partial charge in [0.05, 0.1) is 4.92 Å². The van der Waals surface area contributed by atoms with E-state index in [0.717, 1.165) is 6.04 Å². The second kappa shape index (κ2) is 5.91. The Morgan fingerprint density at radius 3 is 2.71 bits per heavy atom. The number of hydrogen-bond donors (Lipinski definition) is 0. The summed E-state index contributed by atoms with van der Waals surface area (Å²) in [5.41, 5.74) is 0.0272. The van der Waals surface area contributed by atoms with Crippen LogP contribution in [-0.2, 0) is 11.5 Å². The zero-order valence-corrected chi connectivity index (χ0v) is 13.3. The predicted octanol–water partition coefficient (Wildman–Crippen LogP) is 2.71. The van der Waals surface area contributed by atoms with Crippen molar-refractivity contribution in [3.63, 3.8) is 0 Å². The monoisotopic (exact) mass is 369 g/mol. The summed E-state index contributed by atoms with van der Waals surface area (Å²) in [5, 5.41) is 14.6. The minimum atomic E-state index is -1.08. The zero-order chi connectivity index (χ0) is 13.1. The largest absolute Gasteiger partial charge is 0.360 e. The van der Waals surface area contributed by atoms with Crippen molar-refractivity contribution in [2.45, 2.75) is 32.4 Å². The second-order valence-electron chi connectivity index (χ2n) is 4.95. The summed E-state index contributed by atoms with van der Waals surface area (Å²) in [7, 11) is -1.08. The Balaban J connectivity index is 2.43. The van der Waals surface area contributed by atoms with Gasteiger partial charge in [-0.05, 0) is 28.6 Å². The number of nitrogens with zero attached hydrogens (tertiary/aromatic N) is 3. The minimum Gasteiger partial charge on any atom is -0.360 e. The van der Waals surface area contributed by atoms with Crippen LogP contribution < -0.4 is 0 Å². The van der Waals surface area contributed by atoms with Gasteiger partial charge in [-0.2, -0.15) is 5.10 Å². The van der Waals surface area contributed by atoms with E-state index in [2.05, 4.69) is 24.7 Å². The first-order valence-electron chi connectivity index (χ1n) is 5.25. The molecule has 0 aliphatic heterocycles. The van der Waals surface area contributed by atoms with Gasteiger partial charge in [-0.3, -0.25) is 10.1 Å². The van der Waals surface area contributed by atoms with Gasteiger partial charge in [0.25, 0.3) is 0 Å². The number of hydrogen-bond acceptors (Lipinski definition) is 4. The van der Waals surface area contributed by atoms with Crippen molar-refractivity contribution in [3.8, 4) is 0 Å². The maximum atomic E-state index is 10.6. The molecular weight excluding hydrogens is 353 g/mol. The van der Waals surface area contributed by atoms with Crippen LogP contribution in [0.15, 0.2) is 6.20 Å². The van der Waals surface area contributed by atoms with Crippen molar-refractivity contribution in [1.29, 1.82) is 0 Å². The van der Waals surface area contributed by atoms with Crippen molar-refractivity contribution >= 4 is 36.4 Å². The minimum absolute atomic E-state index is 0.0272. The van der Waals surface area contributed by atoms with Gasteiger partial charge in [0.1, 0.15) is 12.9 Å². The highest BCUT2D eigenvalue weighted by Crippen LogP contribution is 2.18. The van der Waals surface area contributed by atoms with Gasteiger partial charge in [-0.25, -0.2) is 4.68 Å². The van der Waals surface area contributed by atoms with E-state index in [1.165, 1.54) is 10.9 Å². The standard InChI is InChI=1S/C9H16IN3O3Si/c1-17(2,3)5-4-16-7-12-6-8(13(14)15)9(10)11-12/h6H,4-5,7H2,1-3H3.